The summed E-state index contributed by atoms with van der Waals surface area (Å²) in [6.07, 6.45) is 7.62. The Bertz CT molecular complexity index is 2650. The van der Waals surface area contributed by atoms with Gasteiger partial charge in [0.1, 0.15) is 11.9 Å². The molecule has 0 spiro atoms. The monoisotopic (exact) mass is 677 g/mol. The molecular formula is C46H35N3OS. The fourth-order valence-electron chi connectivity index (χ4n) is 8.03. The second kappa shape index (κ2) is 12.2. The molecule has 2 aliphatic rings. The first-order chi connectivity index (χ1) is 25.2. The Labute approximate surface area is 300 Å². The molecule has 5 heteroatoms. The van der Waals surface area contributed by atoms with Crippen LogP contribution in [0.25, 0.3) is 48.6 Å². The van der Waals surface area contributed by atoms with Crippen molar-refractivity contribution in [3.8, 4) is 16.9 Å². The molecular weight excluding hydrogens is 643 g/mol. The molecule has 246 valence electrons. The Morgan fingerprint density at radius 2 is 1.45 bits per heavy atom. The summed E-state index contributed by atoms with van der Waals surface area (Å²) in [4.78, 5) is 4.82. The zero-order valence-electron chi connectivity index (χ0n) is 27.9. The van der Waals surface area contributed by atoms with E-state index in [9.17, 15) is 0 Å². The molecule has 0 saturated carbocycles. The van der Waals surface area contributed by atoms with Crippen LogP contribution in [0.5, 0.6) is 5.75 Å². The summed E-state index contributed by atoms with van der Waals surface area (Å²) in [5.74, 6) is 8.14. The molecule has 0 amide bonds. The molecule has 1 aliphatic carbocycles. The molecule has 2 aromatic heterocycles. The minimum absolute atomic E-state index is 0.0267. The Balaban J connectivity index is 1.05. The van der Waals surface area contributed by atoms with Crippen LogP contribution >= 0.6 is 11.3 Å². The largest absolute Gasteiger partial charge is 0.485 e. The zero-order valence-corrected chi connectivity index (χ0v) is 28.7. The second-order valence-electron chi connectivity index (χ2n) is 13.6. The van der Waals surface area contributed by atoms with E-state index in [1.807, 2.05) is 22.4 Å². The van der Waals surface area contributed by atoms with Gasteiger partial charge in [-0.1, -0.05) is 115 Å². The maximum absolute atomic E-state index is 7.04. The van der Waals surface area contributed by atoms with Crippen LogP contribution < -0.4 is 15.6 Å². The van der Waals surface area contributed by atoms with E-state index in [1.165, 1.54) is 64.7 Å². The van der Waals surface area contributed by atoms with E-state index in [4.69, 9.17) is 10.6 Å². The molecule has 0 saturated heterocycles. The number of hydrogen-bond donors (Lipinski definition) is 2. The van der Waals surface area contributed by atoms with E-state index in [2.05, 4.69) is 157 Å². The third-order valence-corrected chi connectivity index (χ3v) is 11.6. The molecule has 2 atom stereocenters. The van der Waals surface area contributed by atoms with Gasteiger partial charge < -0.3 is 14.7 Å². The van der Waals surface area contributed by atoms with Crippen LogP contribution in [-0.4, -0.2) is 11.1 Å². The molecule has 6 aromatic carbocycles. The summed E-state index contributed by atoms with van der Waals surface area (Å²) in [5.41, 5.74) is 12.0. The molecule has 0 radical (unpaired) electrons. The predicted molar refractivity (Wildman–Crippen MR) is 213 cm³/mol. The van der Waals surface area contributed by atoms with Crippen LogP contribution in [-0.2, 0) is 13.0 Å². The number of H-pyrrole nitrogens is 1. The second-order valence-corrected chi connectivity index (χ2v) is 14.7. The first kappa shape index (κ1) is 30.0. The van der Waals surface area contributed by atoms with Crippen LogP contribution in [0.4, 0.5) is 5.69 Å². The lowest BCUT2D eigenvalue weighted by atomic mass is 9.84. The molecule has 0 bridgehead atoms. The molecule has 8 aromatic rings. The Morgan fingerprint density at radius 3 is 2.33 bits per heavy atom. The Kier molecular flexibility index (Phi) is 7.15. The molecule has 51 heavy (non-hydrogen) atoms. The number of hydrazine groups is 1. The quantitative estimate of drug-likeness (QED) is 0.130. The smallest absolute Gasteiger partial charge is 0.128 e. The van der Waals surface area contributed by atoms with Gasteiger partial charge in [0.15, 0.2) is 0 Å². The van der Waals surface area contributed by atoms with Crippen LogP contribution in [0.1, 0.15) is 33.0 Å². The van der Waals surface area contributed by atoms with E-state index in [0.29, 0.717) is 6.54 Å². The van der Waals surface area contributed by atoms with Crippen molar-refractivity contribution < 1.29 is 4.74 Å². The average molecular weight is 678 g/mol. The van der Waals surface area contributed by atoms with Gasteiger partial charge in [-0.15, -0.1) is 11.3 Å². The van der Waals surface area contributed by atoms with E-state index in [1.54, 1.807) is 0 Å². The fraction of sp³-hybridized carbons (Fsp3) is 0.0870. The summed E-state index contributed by atoms with van der Waals surface area (Å²) in [6, 6.07) is 49.7. The van der Waals surface area contributed by atoms with Gasteiger partial charge in [-0.05, 0) is 75.9 Å². The third-order valence-electron chi connectivity index (χ3n) is 10.4. The van der Waals surface area contributed by atoms with Gasteiger partial charge in [0.05, 0.1) is 12.2 Å². The highest BCUT2D eigenvalue weighted by atomic mass is 32.1. The van der Waals surface area contributed by atoms with Gasteiger partial charge in [0, 0.05) is 54.7 Å². The number of thiophene rings is 1. The van der Waals surface area contributed by atoms with Crippen LogP contribution in [0.3, 0.4) is 0 Å². The number of aromatic amines is 1. The van der Waals surface area contributed by atoms with Crippen molar-refractivity contribution in [2.45, 2.75) is 25.0 Å². The van der Waals surface area contributed by atoms with Gasteiger partial charge >= 0.3 is 0 Å². The number of allylic oxidation sites excluding steroid dienone is 2. The van der Waals surface area contributed by atoms with E-state index in [0.717, 1.165) is 28.9 Å². The lowest BCUT2D eigenvalue weighted by molar-refractivity contribution is 0.269. The van der Waals surface area contributed by atoms with Crippen molar-refractivity contribution >= 4 is 54.5 Å². The predicted octanol–water partition coefficient (Wildman–Crippen LogP) is 11.2. The number of benzene rings is 6. The highest BCUT2D eigenvalue weighted by Gasteiger charge is 2.36. The molecule has 3 N–H and O–H groups in total. The average Bonchev–Trinajstić information content (AvgIpc) is 3.86. The summed E-state index contributed by atoms with van der Waals surface area (Å²) >= 11 is 1.84. The normalized spacial score (nSPS) is 16.3. The molecule has 0 fully saturated rings. The first-order valence-corrected chi connectivity index (χ1v) is 18.3. The van der Waals surface area contributed by atoms with E-state index in [-0.39, 0.29) is 12.0 Å². The van der Waals surface area contributed by atoms with Gasteiger partial charge in [-0.25, -0.2) is 5.84 Å². The maximum atomic E-state index is 7.04. The van der Waals surface area contributed by atoms with Gasteiger partial charge in [-0.2, -0.15) is 0 Å². The first-order valence-electron chi connectivity index (χ1n) is 17.5. The Hall–Kier alpha value is -5.88. The highest BCUT2D eigenvalue weighted by Crippen LogP contribution is 2.48. The SMILES string of the molecule is NN(Cc1ccccc1)c1c(Cc2cccc3c2C2C=C(c4ccc5[nH]c6ccccc6c5c4)C=CC2O3)sc2ccc(-c3ccccc3)cc12. The minimum Gasteiger partial charge on any atom is -0.485 e. The summed E-state index contributed by atoms with van der Waals surface area (Å²) in [5, 5.41) is 5.63. The summed E-state index contributed by atoms with van der Waals surface area (Å²) in [6.45, 7) is 0.619. The van der Waals surface area contributed by atoms with Gasteiger partial charge in [0.25, 0.3) is 0 Å². The van der Waals surface area contributed by atoms with Crippen molar-refractivity contribution in [2.24, 2.45) is 5.84 Å². The summed E-state index contributed by atoms with van der Waals surface area (Å²) in [7, 11) is 0. The third kappa shape index (κ3) is 5.25. The number of para-hydroxylation sites is 1. The number of nitrogens with zero attached hydrogens (tertiary/aromatic N) is 1. The van der Waals surface area contributed by atoms with E-state index < -0.39 is 0 Å². The van der Waals surface area contributed by atoms with Crippen LogP contribution in [0.2, 0.25) is 0 Å². The fourth-order valence-corrected chi connectivity index (χ4v) is 9.24. The molecule has 4 nitrogen and oxygen atoms in total. The van der Waals surface area contributed by atoms with E-state index >= 15 is 0 Å². The zero-order chi connectivity index (χ0) is 33.9. The number of nitrogens with one attached hydrogen (secondary N) is 1. The van der Waals surface area contributed by atoms with Crippen molar-refractivity contribution in [1.82, 2.24) is 4.98 Å². The number of hydrogen-bond acceptors (Lipinski definition) is 4. The van der Waals surface area contributed by atoms with Crippen molar-refractivity contribution in [2.75, 3.05) is 5.01 Å². The number of fused-ring (bicyclic) bond motifs is 7. The van der Waals surface area contributed by atoms with Crippen molar-refractivity contribution in [3.05, 3.63) is 185 Å². The van der Waals surface area contributed by atoms with Crippen LogP contribution in [0, 0.1) is 0 Å². The lowest BCUT2D eigenvalue weighted by Gasteiger charge is -2.22. The van der Waals surface area contributed by atoms with Crippen LogP contribution in [0.15, 0.2) is 158 Å². The lowest BCUT2D eigenvalue weighted by Crippen LogP contribution is -2.30. The number of aromatic nitrogens is 1. The number of nitrogens with two attached hydrogens (primary N) is 1. The molecule has 10 rings (SSSR count). The molecule has 3 heterocycles. The highest BCUT2D eigenvalue weighted by molar-refractivity contribution is 7.19. The number of anilines is 1. The van der Waals surface area contributed by atoms with Crippen molar-refractivity contribution in [3.63, 3.8) is 0 Å². The standard InChI is InChI=1S/C46H35N3OS/c47-49(28-29-10-3-1-4-11-29)46-38-26-31(30-12-5-2-6-13-30)20-23-43(38)51-44(46)27-34-14-9-17-42-45(34)37-25-33(19-22-41(37)50-42)32-18-21-40-36(24-32)35-15-7-8-16-39(35)48-40/h1-26,37,41,48H,27-28,47H2. The Morgan fingerprint density at radius 1 is 0.686 bits per heavy atom. The topological polar surface area (TPSA) is 54.3 Å². The molecule has 1 aliphatic heterocycles. The number of rotatable bonds is 7. The van der Waals surface area contributed by atoms with Crippen molar-refractivity contribution in [1.29, 1.82) is 0 Å². The maximum Gasteiger partial charge on any atom is 0.128 e. The van der Waals surface area contributed by atoms with Gasteiger partial charge in [-0.3, -0.25) is 0 Å². The van der Waals surface area contributed by atoms with Gasteiger partial charge in [0.2, 0.25) is 0 Å². The summed E-state index contributed by atoms with van der Waals surface area (Å²) < 4.78 is 7.84. The number of ether oxygens (including phenoxy) is 1. The minimum atomic E-state index is -0.0267. The molecule has 2 unspecified atom stereocenters.